The molecule has 0 atom stereocenters. The van der Waals surface area contributed by atoms with E-state index in [9.17, 15) is 0 Å². The van der Waals surface area contributed by atoms with Crippen LogP contribution in [-0.2, 0) is 0 Å². The third-order valence-electron chi connectivity index (χ3n) is 2.12. The first-order valence-electron chi connectivity index (χ1n) is 4.65. The minimum atomic E-state index is 0.0118. The number of phenols is 1. The normalized spacial score (nSPS) is 11.9. The molecule has 0 aromatic heterocycles. The molecule has 1 N–H and O–H groups in total. The quantitative estimate of drug-likeness (QED) is 0.718. The molecule has 0 saturated heterocycles. The van der Waals surface area contributed by atoms with Crippen LogP contribution >= 0.6 is 0 Å². The zero-order valence-corrected chi connectivity index (χ0v) is 8.70. The Kier molecular flexibility index (Phi) is 3.13. The number of allylic oxidation sites excluding steroid dienone is 2. The van der Waals surface area contributed by atoms with Gasteiger partial charge in [-0.2, -0.15) is 0 Å². The molecule has 0 fully saturated rings. The highest BCUT2D eigenvalue weighted by atomic mass is 16.3. The minimum Gasteiger partial charge on any atom is -0.508 e. The molecule has 0 spiro atoms. The summed E-state index contributed by atoms with van der Waals surface area (Å²) in [5, 5.41) is 9.09. The van der Waals surface area contributed by atoms with Gasteiger partial charge in [0, 0.05) is 5.41 Å². The fourth-order valence-electron chi connectivity index (χ4n) is 0.964. The number of hydrogen-bond acceptors (Lipinski definition) is 1. The van der Waals surface area contributed by atoms with Gasteiger partial charge in [0.2, 0.25) is 0 Å². The van der Waals surface area contributed by atoms with E-state index in [4.69, 9.17) is 5.11 Å². The van der Waals surface area contributed by atoms with Crippen molar-refractivity contribution in [1.82, 2.24) is 0 Å². The Morgan fingerprint density at radius 2 is 1.79 bits per heavy atom. The molecule has 0 aliphatic heterocycles. The van der Waals surface area contributed by atoms with Gasteiger partial charge in [-0.15, -0.1) is 6.58 Å². The lowest BCUT2D eigenvalue weighted by Crippen LogP contribution is -2.00. The standard InChI is InChI=1S/C13H16O/c1-4-13(2,3)10-9-11-5-7-12(14)8-6-11/h4-10,14H,1H2,2-3H3. The van der Waals surface area contributed by atoms with E-state index in [1.807, 2.05) is 24.3 Å². The number of rotatable bonds is 3. The zero-order chi connectivity index (χ0) is 10.6. The molecule has 1 nitrogen and oxygen atoms in total. The fraction of sp³-hybridized carbons (Fsp3) is 0.231. The lowest BCUT2D eigenvalue weighted by molar-refractivity contribution is 0.475. The summed E-state index contributed by atoms with van der Waals surface area (Å²) in [6.45, 7) is 7.96. The smallest absolute Gasteiger partial charge is 0.115 e. The molecule has 0 unspecified atom stereocenters. The average molecular weight is 188 g/mol. The predicted octanol–water partition coefficient (Wildman–Crippen LogP) is 3.62. The summed E-state index contributed by atoms with van der Waals surface area (Å²) in [5.41, 5.74) is 1.09. The van der Waals surface area contributed by atoms with Gasteiger partial charge in [0.05, 0.1) is 0 Å². The van der Waals surface area contributed by atoms with Crippen molar-refractivity contribution in [2.24, 2.45) is 5.41 Å². The first-order valence-corrected chi connectivity index (χ1v) is 4.65. The number of benzene rings is 1. The van der Waals surface area contributed by atoms with Crippen LogP contribution in [0.15, 0.2) is 43.0 Å². The first kappa shape index (κ1) is 10.6. The van der Waals surface area contributed by atoms with Crippen LogP contribution in [0.4, 0.5) is 0 Å². The third-order valence-corrected chi connectivity index (χ3v) is 2.12. The number of phenolic OH excluding ortho intramolecular Hbond substituents is 1. The monoisotopic (exact) mass is 188 g/mol. The van der Waals surface area contributed by atoms with Crippen LogP contribution in [0.3, 0.4) is 0 Å². The summed E-state index contributed by atoms with van der Waals surface area (Å²) in [7, 11) is 0. The van der Waals surface area contributed by atoms with E-state index < -0.39 is 0 Å². The van der Waals surface area contributed by atoms with E-state index >= 15 is 0 Å². The summed E-state index contributed by atoms with van der Waals surface area (Å²) in [4.78, 5) is 0. The van der Waals surface area contributed by atoms with Crippen LogP contribution in [0, 0.1) is 5.41 Å². The lowest BCUT2D eigenvalue weighted by atomic mass is 9.93. The molecule has 0 amide bonds. The molecule has 14 heavy (non-hydrogen) atoms. The van der Waals surface area contributed by atoms with Crippen molar-refractivity contribution in [1.29, 1.82) is 0 Å². The Morgan fingerprint density at radius 3 is 2.29 bits per heavy atom. The second-order valence-electron chi connectivity index (χ2n) is 3.95. The van der Waals surface area contributed by atoms with Gasteiger partial charge in [-0.3, -0.25) is 0 Å². The van der Waals surface area contributed by atoms with Gasteiger partial charge in [0.1, 0.15) is 5.75 Å². The van der Waals surface area contributed by atoms with Gasteiger partial charge in [0.15, 0.2) is 0 Å². The largest absolute Gasteiger partial charge is 0.508 e. The Bertz CT molecular complexity index is 331. The first-order chi connectivity index (χ1) is 6.53. The maximum Gasteiger partial charge on any atom is 0.115 e. The fourth-order valence-corrected chi connectivity index (χ4v) is 0.964. The Hall–Kier alpha value is -1.50. The van der Waals surface area contributed by atoms with Crippen LogP contribution in [0.1, 0.15) is 19.4 Å². The lowest BCUT2D eigenvalue weighted by Gasteiger charge is -2.12. The molecule has 0 aliphatic rings. The molecule has 0 radical (unpaired) electrons. The predicted molar refractivity (Wildman–Crippen MR) is 61.1 cm³/mol. The van der Waals surface area contributed by atoms with Gasteiger partial charge >= 0.3 is 0 Å². The van der Waals surface area contributed by atoms with E-state index in [2.05, 4.69) is 26.5 Å². The molecular weight excluding hydrogens is 172 g/mol. The maximum atomic E-state index is 9.09. The van der Waals surface area contributed by atoms with Crippen LogP contribution in [0.2, 0.25) is 0 Å². The maximum absolute atomic E-state index is 9.09. The molecular formula is C13H16O. The summed E-state index contributed by atoms with van der Waals surface area (Å²) >= 11 is 0. The Balaban J connectivity index is 2.78. The van der Waals surface area contributed by atoms with Crippen molar-refractivity contribution in [3.05, 3.63) is 48.6 Å². The molecule has 1 aromatic carbocycles. The second kappa shape index (κ2) is 4.14. The molecule has 1 aromatic rings. The van der Waals surface area contributed by atoms with Gasteiger partial charge in [-0.1, -0.05) is 44.2 Å². The molecule has 1 heteroatoms. The van der Waals surface area contributed by atoms with Crippen molar-refractivity contribution >= 4 is 6.08 Å². The summed E-state index contributed by atoms with van der Waals surface area (Å²) in [6.07, 6.45) is 6.03. The van der Waals surface area contributed by atoms with E-state index in [1.54, 1.807) is 12.1 Å². The van der Waals surface area contributed by atoms with Gasteiger partial charge in [-0.25, -0.2) is 0 Å². The van der Waals surface area contributed by atoms with Crippen LogP contribution in [-0.4, -0.2) is 5.11 Å². The average Bonchev–Trinajstić information content (AvgIpc) is 2.17. The minimum absolute atomic E-state index is 0.0118. The third kappa shape index (κ3) is 3.09. The van der Waals surface area contributed by atoms with Crippen molar-refractivity contribution in [3.8, 4) is 5.75 Å². The second-order valence-corrected chi connectivity index (χ2v) is 3.95. The van der Waals surface area contributed by atoms with Crippen molar-refractivity contribution in [2.45, 2.75) is 13.8 Å². The molecule has 0 heterocycles. The van der Waals surface area contributed by atoms with Crippen molar-refractivity contribution in [2.75, 3.05) is 0 Å². The molecule has 0 bridgehead atoms. The van der Waals surface area contributed by atoms with Crippen LogP contribution in [0.25, 0.3) is 6.08 Å². The highest BCUT2D eigenvalue weighted by molar-refractivity contribution is 5.51. The van der Waals surface area contributed by atoms with Crippen molar-refractivity contribution in [3.63, 3.8) is 0 Å². The van der Waals surface area contributed by atoms with Gasteiger partial charge in [0.25, 0.3) is 0 Å². The van der Waals surface area contributed by atoms with E-state index in [0.29, 0.717) is 5.75 Å². The van der Waals surface area contributed by atoms with Gasteiger partial charge in [-0.05, 0) is 17.7 Å². The van der Waals surface area contributed by atoms with E-state index in [-0.39, 0.29) is 5.41 Å². The van der Waals surface area contributed by atoms with Crippen LogP contribution < -0.4 is 0 Å². The topological polar surface area (TPSA) is 20.2 Å². The Morgan fingerprint density at radius 1 is 1.21 bits per heavy atom. The molecule has 0 saturated carbocycles. The van der Waals surface area contributed by atoms with Crippen LogP contribution in [0.5, 0.6) is 5.75 Å². The highest BCUT2D eigenvalue weighted by Crippen LogP contribution is 2.20. The number of aromatic hydroxyl groups is 1. The summed E-state index contributed by atoms with van der Waals surface area (Å²) in [6, 6.07) is 7.12. The van der Waals surface area contributed by atoms with E-state index in [0.717, 1.165) is 5.56 Å². The number of hydrogen-bond donors (Lipinski definition) is 1. The zero-order valence-electron chi connectivity index (χ0n) is 8.70. The Labute approximate surface area is 85.4 Å². The summed E-state index contributed by atoms with van der Waals surface area (Å²) in [5.74, 6) is 0.296. The SMILES string of the molecule is C=CC(C)(C)C=Cc1ccc(O)cc1. The highest BCUT2D eigenvalue weighted by Gasteiger charge is 2.06. The van der Waals surface area contributed by atoms with Crippen molar-refractivity contribution < 1.29 is 5.11 Å². The molecule has 1 rings (SSSR count). The summed E-state index contributed by atoms with van der Waals surface area (Å²) < 4.78 is 0. The van der Waals surface area contributed by atoms with Gasteiger partial charge < -0.3 is 5.11 Å². The molecule has 0 aliphatic carbocycles. The molecule has 74 valence electrons. The van der Waals surface area contributed by atoms with E-state index in [1.165, 1.54) is 0 Å².